The van der Waals surface area contributed by atoms with Gasteiger partial charge in [0.1, 0.15) is 5.58 Å². The zero-order valence-corrected chi connectivity index (χ0v) is 10.4. The fourth-order valence-electron chi connectivity index (χ4n) is 1.76. The molecule has 0 spiro atoms. The number of furan rings is 1. The van der Waals surface area contributed by atoms with Gasteiger partial charge in [0, 0.05) is 11.9 Å². The third kappa shape index (κ3) is 2.15. The number of carbonyl (C=O) groups is 1. The number of thiophene rings is 1. The zero-order valence-electron chi connectivity index (χ0n) is 9.55. The smallest absolute Gasteiger partial charge is 0.287 e. The summed E-state index contributed by atoms with van der Waals surface area (Å²) in [4.78, 5) is 11.9. The van der Waals surface area contributed by atoms with Crippen molar-refractivity contribution >= 4 is 28.2 Å². The number of hydrogen-bond acceptors (Lipinski definition) is 3. The van der Waals surface area contributed by atoms with Crippen LogP contribution in [0.2, 0.25) is 0 Å². The lowest BCUT2D eigenvalue weighted by Gasteiger charge is -2.00. The second kappa shape index (κ2) is 4.66. The third-order valence-electron chi connectivity index (χ3n) is 2.68. The Morgan fingerprint density at radius 1 is 1.28 bits per heavy atom. The van der Waals surface area contributed by atoms with Crippen molar-refractivity contribution in [1.82, 2.24) is 5.32 Å². The molecule has 0 radical (unpaired) electrons. The highest BCUT2D eigenvalue weighted by atomic mass is 32.1. The van der Waals surface area contributed by atoms with Gasteiger partial charge in [-0.2, -0.15) is 11.3 Å². The Kier molecular flexibility index (Phi) is 2.86. The number of nitrogens with one attached hydrogen (secondary N) is 1. The maximum Gasteiger partial charge on any atom is 0.287 e. The summed E-state index contributed by atoms with van der Waals surface area (Å²) in [6, 6.07) is 11.3. The predicted octanol–water partition coefficient (Wildman–Crippen LogP) is 3.42. The number of hydrogen-bond donors (Lipinski definition) is 1. The largest absolute Gasteiger partial charge is 0.451 e. The molecule has 0 aliphatic heterocycles. The van der Waals surface area contributed by atoms with Crippen molar-refractivity contribution in [2.75, 3.05) is 0 Å². The van der Waals surface area contributed by atoms with E-state index in [1.165, 1.54) is 0 Å². The Morgan fingerprint density at radius 3 is 2.94 bits per heavy atom. The molecular weight excluding hydrogens is 246 g/mol. The number of amides is 1. The standard InChI is InChI=1S/C14H11NO2S/c16-14(15-8-10-5-6-18-9-10)13-7-11-3-1-2-4-12(11)17-13/h1-7,9H,8H2,(H,15,16). The first-order valence-corrected chi connectivity index (χ1v) is 6.55. The summed E-state index contributed by atoms with van der Waals surface area (Å²) in [5.74, 6) is 0.170. The summed E-state index contributed by atoms with van der Waals surface area (Å²) in [7, 11) is 0. The van der Waals surface area contributed by atoms with E-state index in [1.54, 1.807) is 17.4 Å². The van der Waals surface area contributed by atoms with Crippen molar-refractivity contribution in [2.45, 2.75) is 6.54 Å². The van der Waals surface area contributed by atoms with Crippen LogP contribution >= 0.6 is 11.3 Å². The van der Waals surface area contributed by atoms with Crippen LogP contribution in [-0.2, 0) is 6.54 Å². The molecule has 1 N–H and O–H groups in total. The van der Waals surface area contributed by atoms with E-state index in [2.05, 4.69) is 5.32 Å². The molecule has 2 aromatic heterocycles. The molecular formula is C14H11NO2S. The van der Waals surface area contributed by atoms with Crippen LogP contribution in [0.4, 0.5) is 0 Å². The van der Waals surface area contributed by atoms with Crippen LogP contribution in [0, 0.1) is 0 Å². The normalized spacial score (nSPS) is 10.7. The zero-order chi connectivity index (χ0) is 12.4. The molecule has 0 fully saturated rings. The van der Waals surface area contributed by atoms with E-state index in [4.69, 9.17) is 4.42 Å². The van der Waals surface area contributed by atoms with Crippen LogP contribution in [-0.4, -0.2) is 5.91 Å². The molecule has 3 rings (SSSR count). The molecule has 0 saturated heterocycles. The van der Waals surface area contributed by atoms with Crippen molar-refractivity contribution in [3.05, 3.63) is 58.5 Å². The number of carbonyl (C=O) groups excluding carboxylic acids is 1. The maximum absolute atomic E-state index is 11.9. The summed E-state index contributed by atoms with van der Waals surface area (Å²) in [5.41, 5.74) is 1.84. The van der Waals surface area contributed by atoms with Crippen LogP contribution in [0.1, 0.15) is 16.1 Å². The monoisotopic (exact) mass is 257 g/mol. The van der Waals surface area contributed by atoms with Crippen molar-refractivity contribution in [3.8, 4) is 0 Å². The first-order chi connectivity index (χ1) is 8.83. The van der Waals surface area contributed by atoms with E-state index in [1.807, 2.05) is 41.1 Å². The van der Waals surface area contributed by atoms with Gasteiger partial charge in [0.25, 0.3) is 5.91 Å². The van der Waals surface area contributed by atoms with E-state index >= 15 is 0 Å². The van der Waals surface area contributed by atoms with E-state index < -0.39 is 0 Å². The third-order valence-corrected chi connectivity index (χ3v) is 3.41. The summed E-state index contributed by atoms with van der Waals surface area (Å²) in [6.07, 6.45) is 0. The molecule has 0 aliphatic rings. The Hall–Kier alpha value is -2.07. The first-order valence-electron chi connectivity index (χ1n) is 5.61. The topological polar surface area (TPSA) is 42.2 Å². The van der Waals surface area contributed by atoms with Gasteiger partial charge >= 0.3 is 0 Å². The van der Waals surface area contributed by atoms with Crippen LogP contribution in [0.5, 0.6) is 0 Å². The molecule has 3 nitrogen and oxygen atoms in total. The van der Waals surface area contributed by atoms with Crippen LogP contribution in [0.25, 0.3) is 11.0 Å². The van der Waals surface area contributed by atoms with Crippen LogP contribution in [0.15, 0.2) is 51.6 Å². The average Bonchev–Trinajstić information content (AvgIpc) is 3.04. The van der Waals surface area contributed by atoms with Gasteiger partial charge in [-0.25, -0.2) is 0 Å². The summed E-state index contributed by atoms with van der Waals surface area (Å²) < 4.78 is 5.49. The maximum atomic E-state index is 11.9. The Balaban J connectivity index is 1.75. The van der Waals surface area contributed by atoms with Crippen molar-refractivity contribution < 1.29 is 9.21 Å². The highest BCUT2D eigenvalue weighted by molar-refractivity contribution is 7.07. The van der Waals surface area contributed by atoms with Crippen molar-refractivity contribution in [3.63, 3.8) is 0 Å². The van der Waals surface area contributed by atoms with E-state index in [-0.39, 0.29) is 5.91 Å². The molecule has 4 heteroatoms. The first kappa shape index (κ1) is 11.0. The quantitative estimate of drug-likeness (QED) is 0.781. The molecule has 0 aliphatic carbocycles. The van der Waals surface area contributed by atoms with Crippen molar-refractivity contribution in [2.24, 2.45) is 0 Å². The molecule has 0 unspecified atom stereocenters. The van der Waals surface area contributed by atoms with Gasteiger partial charge in [-0.3, -0.25) is 4.79 Å². The highest BCUT2D eigenvalue weighted by Gasteiger charge is 2.11. The van der Waals surface area contributed by atoms with Gasteiger partial charge in [-0.05, 0) is 34.5 Å². The van der Waals surface area contributed by atoms with Crippen LogP contribution < -0.4 is 5.32 Å². The minimum absolute atomic E-state index is 0.183. The summed E-state index contributed by atoms with van der Waals surface area (Å²) in [5, 5.41) is 7.78. The molecule has 90 valence electrons. The second-order valence-corrected chi connectivity index (χ2v) is 4.74. The van der Waals surface area contributed by atoms with Crippen molar-refractivity contribution in [1.29, 1.82) is 0 Å². The Bertz CT molecular complexity index is 637. The lowest BCUT2D eigenvalue weighted by Crippen LogP contribution is -2.21. The molecule has 1 amide bonds. The number of para-hydroxylation sites is 1. The number of benzene rings is 1. The molecule has 0 atom stereocenters. The lowest BCUT2D eigenvalue weighted by molar-refractivity contribution is 0.0925. The van der Waals surface area contributed by atoms with Gasteiger partial charge < -0.3 is 9.73 Å². The Morgan fingerprint density at radius 2 is 2.17 bits per heavy atom. The molecule has 18 heavy (non-hydrogen) atoms. The van der Waals surface area contributed by atoms with E-state index in [9.17, 15) is 4.79 Å². The van der Waals surface area contributed by atoms with E-state index in [0.29, 0.717) is 12.3 Å². The van der Waals surface area contributed by atoms with Gasteiger partial charge in [0.05, 0.1) is 0 Å². The average molecular weight is 257 g/mol. The van der Waals surface area contributed by atoms with Gasteiger partial charge in [-0.15, -0.1) is 0 Å². The van der Waals surface area contributed by atoms with Gasteiger partial charge in [0.15, 0.2) is 5.76 Å². The minimum atomic E-state index is -0.183. The molecule has 0 saturated carbocycles. The number of rotatable bonds is 3. The van der Waals surface area contributed by atoms with Gasteiger partial charge in [-0.1, -0.05) is 18.2 Å². The van der Waals surface area contributed by atoms with E-state index in [0.717, 1.165) is 16.5 Å². The fourth-order valence-corrected chi connectivity index (χ4v) is 2.43. The van der Waals surface area contributed by atoms with Gasteiger partial charge in [0.2, 0.25) is 0 Å². The number of fused-ring (bicyclic) bond motifs is 1. The minimum Gasteiger partial charge on any atom is -0.451 e. The lowest BCUT2D eigenvalue weighted by atomic mass is 10.2. The molecule has 2 heterocycles. The second-order valence-electron chi connectivity index (χ2n) is 3.96. The molecule has 1 aromatic carbocycles. The molecule has 3 aromatic rings. The highest BCUT2D eigenvalue weighted by Crippen LogP contribution is 2.18. The SMILES string of the molecule is O=C(NCc1ccsc1)c1cc2ccccc2o1. The summed E-state index contributed by atoms with van der Waals surface area (Å²) in [6.45, 7) is 0.527. The summed E-state index contributed by atoms with van der Waals surface area (Å²) >= 11 is 1.62. The Labute approximate surface area is 108 Å². The predicted molar refractivity (Wildman–Crippen MR) is 71.7 cm³/mol. The fraction of sp³-hybridized carbons (Fsp3) is 0.0714. The van der Waals surface area contributed by atoms with Crippen LogP contribution in [0.3, 0.4) is 0 Å². The molecule has 0 bridgehead atoms.